The van der Waals surface area contributed by atoms with Gasteiger partial charge >= 0.3 is 0 Å². The molecule has 0 saturated carbocycles. The standard InChI is InChI=1S/C10H20N2S/c1-4-9(5-2)7-12-10-11-6-8(3)13-10/h8-9H,4-7H2,1-3H3,(H,11,12). The monoisotopic (exact) mass is 200 g/mol. The van der Waals surface area contributed by atoms with Crippen molar-refractivity contribution in [1.82, 2.24) is 5.32 Å². The number of rotatable bonds is 4. The molecule has 1 rings (SSSR count). The highest BCUT2D eigenvalue weighted by atomic mass is 32.2. The summed E-state index contributed by atoms with van der Waals surface area (Å²) in [6.07, 6.45) is 2.52. The molecule has 0 fully saturated rings. The summed E-state index contributed by atoms with van der Waals surface area (Å²) in [5.41, 5.74) is 0. The van der Waals surface area contributed by atoms with Crippen molar-refractivity contribution >= 4 is 16.9 Å². The fourth-order valence-electron chi connectivity index (χ4n) is 1.38. The van der Waals surface area contributed by atoms with E-state index < -0.39 is 0 Å². The van der Waals surface area contributed by atoms with Crippen molar-refractivity contribution in [2.75, 3.05) is 13.1 Å². The summed E-state index contributed by atoms with van der Waals surface area (Å²) in [5, 5.41) is 5.25. The molecule has 1 heterocycles. The van der Waals surface area contributed by atoms with Gasteiger partial charge in [0.1, 0.15) is 0 Å². The Balaban J connectivity index is 2.18. The van der Waals surface area contributed by atoms with Gasteiger partial charge in [0.15, 0.2) is 5.17 Å². The Morgan fingerprint density at radius 3 is 2.69 bits per heavy atom. The Kier molecular flexibility index (Phi) is 4.64. The lowest BCUT2D eigenvalue weighted by Gasteiger charge is -2.13. The maximum atomic E-state index is 4.43. The Morgan fingerprint density at radius 1 is 1.54 bits per heavy atom. The van der Waals surface area contributed by atoms with Crippen molar-refractivity contribution in [3.05, 3.63) is 0 Å². The highest BCUT2D eigenvalue weighted by molar-refractivity contribution is 8.14. The minimum atomic E-state index is 0.671. The normalized spacial score (nSPS) is 22.2. The summed E-state index contributed by atoms with van der Waals surface area (Å²) >= 11 is 1.87. The second-order valence-corrected chi connectivity index (χ2v) is 5.06. The molecule has 1 aliphatic rings. The fourth-order valence-corrected chi connectivity index (χ4v) is 2.23. The van der Waals surface area contributed by atoms with E-state index in [2.05, 4.69) is 31.1 Å². The van der Waals surface area contributed by atoms with Crippen LogP contribution < -0.4 is 5.32 Å². The Bertz CT molecular complexity index is 176. The van der Waals surface area contributed by atoms with E-state index in [9.17, 15) is 0 Å². The molecule has 13 heavy (non-hydrogen) atoms. The molecule has 0 aromatic heterocycles. The van der Waals surface area contributed by atoms with Crippen molar-refractivity contribution in [1.29, 1.82) is 0 Å². The summed E-state index contributed by atoms with van der Waals surface area (Å²) in [4.78, 5) is 4.43. The van der Waals surface area contributed by atoms with Gasteiger partial charge in [-0.05, 0) is 5.92 Å². The van der Waals surface area contributed by atoms with E-state index >= 15 is 0 Å². The average Bonchev–Trinajstić information content (AvgIpc) is 2.53. The van der Waals surface area contributed by atoms with E-state index in [1.807, 2.05) is 11.8 Å². The van der Waals surface area contributed by atoms with E-state index in [-0.39, 0.29) is 0 Å². The van der Waals surface area contributed by atoms with Gasteiger partial charge in [-0.25, -0.2) is 0 Å². The van der Waals surface area contributed by atoms with Gasteiger partial charge in [-0.1, -0.05) is 45.4 Å². The lowest BCUT2D eigenvalue weighted by Crippen LogP contribution is -2.26. The molecule has 0 aliphatic carbocycles. The minimum Gasteiger partial charge on any atom is -0.365 e. The highest BCUT2D eigenvalue weighted by Crippen LogP contribution is 2.18. The van der Waals surface area contributed by atoms with E-state index in [1.54, 1.807) is 0 Å². The van der Waals surface area contributed by atoms with E-state index in [0.717, 1.165) is 24.2 Å². The zero-order valence-electron chi connectivity index (χ0n) is 8.84. The molecule has 1 atom stereocenters. The largest absolute Gasteiger partial charge is 0.365 e. The molecule has 76 valence electrons. The first kappa shape index (κ1) is 10.9. The van der Waals surface area contributed by atoms with Gasteiger partial charge in [0.25, 0.3) is 0 Å². The second kappa shape index (κ2) is 5.53. The van der Waals surface area contributed by atoms with Crippen LogP contribution in [0, 0.1) is 5.92 Å². The second-order valence-electron chi connectivity index (χ2n) is 3.64. The predicted octanol–water partition coefficient (Wildman–Crippen LogP) is 2.50. The van der Waals surface area contributed by atoms with Crippen LogP contribution in [0.5, 0.6) is 0 Å². The van der Waals surface area contributed by atoms with Crippen LogP contribution in [0.1, 0.15) is 33.6 Å². The highest BCUT2D eigenvalue weighted by Gasteiger charge is 2.15. The Hall–Kier alpha value is -0.180. The molecule has 1 N–H and O–H groups in total. The van der Waals surface area contributed by atoms with Crippen LogP contribution in [0.3, 0.4) is 0 Å². The van der Waals surface area contributed by atoms with Gasteiger partial charge in [-0.2, -0.15) is 0 Å². The molecule has 0 radical (unpaired) electrons. The smallest absolute Gasteiger partial charge is 0.156 e. The van der Waals surface area contributed by atoms with Gasteiger partial charge in [-0.3, -0.25) is 4.99 Å². The molecule has 0 aromatic carbocycles. The molecule has 0 amide bonds. The van der Waals surface area contributed by atoms with Gasteiger partial charge < -0.3 is 5.32 Å². The van der Waals surface area contributed by atoms with E-state index in [0.29, 0.717) is 5.25 Å². The summed E-state index contributed by atoms with van der Waals surface area (Å²) in [5.74, 6) is 0.805. The fraction of sp³-hybridized carbons (Fsp3) is 0.900. The lowest BCUT2D eigenvalue weighted by molar-refractivity contribution is 0.486. The van der Waals surface area contributed by atoms with Crippen LogP contribution >= 0.6 is 11.8 Å². The summed E-state index contributed by atoms with van der Waals surface area (Å²) in [6.45, 7) is 8.80. The van der Waals surface area contributed by atoms with Crippen molar-refractivity contribution < 1.29 is 0 Å². The van der Waals surface area contributed by atoms with Crippen molar-refractivity contribution in [3.8, 4) is 0 Å². The molecule has 1 aliphatic heterocycles. The van der Waals surface area contributed by atoms with Crippen molar-refractivity contribution in [2.24, 2.45) is 10.9 Å². The van der Waals surface area contributed by atoms with Crippen molar-refractivity contribution in [2.45, 2.75) is 38.9 Å². The van der Waals surface area contributed by atoms with E-state index in [1.165, 1.54) is 12.8 Å². The quantitative estimate of drug-likeness (QED) is 0.754. The zero-order valence-corrected chi connectivity index (χ0v) is 9.66. The molecule has 0 bridgehead atoms. The summed E-state index contributed by atoms with van der Waals surface area (Å²) in [7, 11) is 0. The van der Waals surface area contributed by atoms with Crippen LogP contribution in [0.15, 0.2) is 4.99 Å². The van der Waals surface area contributed by atoms with Crippen molar-refractivity contribution in [3.63, 3.8) is 0 Å². The molecule has 2 nitrogen and oxygen atoms in total. The third kappa shape index (κ3) is 3.59. The van der Waals surface area contributed by atoms with Gasteiger partial charge in [0, 0.05) is 11.8 Å². The van der Waals surface area contributed by atoms with Crippen LogP contribution in [0.4, 0.5) is 0 Å². The molecule has 0 saturated heterocycles. The molecular weight excluding hydrogens is 180 g/mol. The molecule has 1 unspecified atom stereocenters. The predicted molar refractivity (Wildman–Crippen MR) is 61.4 cm³/mol. The zero-order chi connectivity index (χ0) is 9.68. The number of aliphatic imine (C=N–C) groups is 1. The lowest BCUT2D eigenvalue weighted by atomic mass is 10.0. The molecule has 0 aromatic rings. The van der Waals surface area contributed by atoms with Gasteiger partial charge in [0.2, 0.25) is 0 Å². The summed E-state index contributed by atoms with van der Waals surface area (Å²) < 4.78 is 0. The van der Waals surface area contributed by atoms with Crippen LogP contribution in [-0.4, -0.2) is 23.5 Å². The number of thioether (sulfide) groups is 1. The van der Waals surface area contributed by atoms with Crippen LogP contribution in [0.2, 0.25) is 0 Å². The topological polar surface area (TPSA) is 24.4 Å². The van der Waals surface area contributed by atoms with Gasteiger partial charge in [0.05, 0.1) is 6.54 Å². The summed E-state index contributed by atoms with van der Waals surface area (Å²) in [6, 6.07) is 0. The van der Waals surface area contributed by atoms with Gasteiger partial charge in [-0.15, -0.1) is 0 Å². The molecular formula is C10H20N2S. The van der Waals surface area contributed by atoms with E-state index in [4.69, 9.17) is 0 Å². The van der Waals surface area contributed by atoms with Crippen LogP contribution in [0.25, 0.3) is 0 Å². The number of hydrogen-bond acceptors (Lipinski definition) is 3. The average molecular weight is 200 g/mol. The first-order valence-electron chi connectivity index (χ1n) is 5.21. The minimum absolute atomic E-state index is 0.671. The molecule has 3 heteroatoms. The number of nitrogens with zero attached hydrogens (tertiary/aromatic N) is 1. The molecule has 0 spiro atoms. The number of amidine groups is 1. The number of hydrogen-bond donors (Lipinski definition) is 1. The maximum absolute atomic E-state index is 4.43. The first-order valence-corrected chi connectivity index (χ1v) is 6.09. The number of nitrogens with one attached hydrogen (secondary N) is 1. The third-order valence-electron chi connectivity index (χ3n) is 2.50. The Labute approximate surface area is 85.6 Å². The Morgan fingerprint density at radius 2 is 2.23 bits per heavy atom. The SMILES string of the molecule is CCC(CC)CNC1=NCC(C)S1. The third-order valence-corrected chi connectivity index (χ3v) is 3.55. The maximum Gasteiger partial charge on any atom is 0.156 e. The van der Waals surface area contributed by atoms with Crippen LogP contribution in [-0.2, 0) is 0 Å². The first-order chi connectivity index (χ1) is 6.26.